The Labute approximate surface area is 226 Å². The highest BCUT2D eigenvalue weighted by Gasteiger charge is 2.34. The van der Waals surface area contributed by atoms with Crippen LogP contribution in [0.4, 0.5) is 11.6 Å². The van der Waals surface area contributed by atoms with Gasteiger partial charge in [0.15, 0.2) is 0 Å². The lowest BCUT2D eigenvalue weighted by molar-refractivity contribution is -0.113. The fourth-order valence-electron chi connectivity index (χ4n) is 4.45. The largest absolute Gasteiger partial charge is 0.328 e. The van der Waals surface area contributed by atoms with Gasteiger partial charge in [-0.1, -0.05) is 65.9 Å². The van der Waals surface area contributed by atoms with Crippen LogP contribution in [0.1, 0.15) is 35.2 Å². The summed E-state index contributed by atoms with van der Waals surface area (Å²) < 4.78 is 1.84. The first-order valence-electron chi connectivity index (χ1n) is 12.1. The highest BCUT2D eigenvalue weighted by Crippen LogP contribution is 2.37. The van der Waals surface area contributed by atoms with Crippen molar-refractivity contribution < 1.29 is 4.79 Å². The fourth-order valence-corrected chi connectivity index (χ4v) is 5.76. The number of hydrogen-bond acceptors (Lipinski definition) is 6. The number of anilines is 2. The zero-order valence-corrected chi connectivity index (χ0v) is 22.9. The Morgan fingerprint density at radius 1 is 1.03 bits per heavy atom. The van der Waals surface area contributed by atoms with Gasteiger partial charge in [0.2, 0.25) is 11.1 Å². The van der Waals surface area contributed by atoms with Gasteiger partial charge in [0.25, 0.3) is 5.91 Å². The second-order valence-electron chi connectivity index (χ2n) is 9.04. The Bertz CT molecular complexity index is 1460. The molecule has 5 rings (SSSR count). The van der Waals surface area contributed by atoms with Gasteiger partial charge in [0.05, 0.1) is 5.57 Å². The number of carbonyl (C=O) groups is 1. The van der Waals surface area contributed by atoms with Gasteiger partial charge >= 0.3 is 0 Å². The molecule has 0 aliphatic carbocycles. The average Bonchev–Trinajstić information content (AvgIpc) is 3.30. The van der Waals surface area contributed by atoms with Gasteiger partial charge in [-0.05, 0) is 68.0 Å². The van der Waals surface area contributed by atoms with Crippen LogP contribution >= 0.6 is 23.5 Å². The molecule has 0 saturated carbocycles. The van der Waals surface area contributed by atoms with Crippen molar-refractivity contribution >= 4 is 41.1 Å². The average molecular weight is 528 g/mol. The van der Waals surface area contributed by atoms with E-state index in [1.165, 1.54) is 16.7 Å². The maximum atomic E-state index is 13.6. The maximum absolute atomic E-state index is 13.6. The first kappa shape index (κ1) is 25.2. The van der Waals surface area contributed by atoms with Crippen LogP contribution < -0.4 is 10.6 Å². The minimum atomic E-state index is -0.404. The summed E-state index contributed by atoms with van der Waals surface area (Å²) in [5.74, 6) is 1.24. The quantitative estimate of drug-likeness (QED) is 0.257. The fraction of sp³-hybridized carbons (Fsp3) is 0.207. The standard InChI is InChI=1S/C29H29N5OS2/c1-18-10-11-22(19(2)16-18)17-37-29-32-28-30-20(3)25(27(35)31-23-8-6-5-7-9-23)26(34(28)33-29)21-12-14-24(36-4)15-13-21/h5-16,26H,17H2,1-4H3,(H,31,35)(H,30,32,33). The first-order chi connectivity index (χ1) is 17.9. The Morgan fingerprint density at radius 3 is 2.49 bits per heavy atom. The number of nitrogens with zero attached hydrogens (tertiary/aromatic N) is 3. The van der Waals surface area contributed by atoms with E-state index in [1.807, 2.05) is 41.9 Å². The second-order valence-corrected chi connectivity index (χ2v) is 10.9. The van der Waals surface area contributed by atoms with Crippen LogP contribution in [0, 0.1) is 13.8 Å². The number of aryl methyl sites for hydroxylation is 2. The molecule has 1 unspecified atom stereocenters. The summed E-state index contributed by atoms with van der Waals surface area (Å²) in [4.78, 5) is 19.5. The molecule has 3 aromatic carbocycles. The molecule has 1 aliphatic heterocycles. The minimum absolute atomic E-state index is 0.166. The lowest BCUT2D eigenvalue weighted by Gasteiger charge is -2.28. The third-order valence-electron chi connectivity index (χ3n) is 6.40. The molecule has 0 bridgehead atoms. The van der Waals surface area contributed by atoms with E-state index in [2.05, 4.69) is 73.2 Å². The molecule has 8 heteroatoms. The second kappa shape index (κ2) is 10.9. The number of aromatic nitrogens is 3. The van der Waals surface area contributed by atoms with Crippen molar-refractivity contribution in [3.05, 3.63) is 106 Å². The van der Waals surface area contributed by atoms with Gasteiger partial charge in [0, 0.05) is 22.0 Å². The van der Waals surface area contributed by atoms with E-state index in [1.54, 1.807) is 23.5 Å². The van der Waals surface area contributed by atoms with Gasteiger partial charge in [0.1, 0.15) is 6.04 Å². The van der Waals surface area contributed by atoms with Gasteiger partial charge in [-0.15, -0.1) is 16.9 Å². The molecule has 0 fully saturated rings. The van der Waals surface area contributed by atoms with Gasteiger partial charge in [-0.2, -0.15) is 4.98 Å². The zero-order chi connectivity index (χ0) is 25.9. The smallest absolute Gasteiger partial charge is 0.255 e. The molecule has 37 heavy (non-hydrogen) atoms. The molecule has 0 radical (unpaired) electrons. The van der Waals surface area contributed by atoms with E-state index in [0.717, 1.165) is 27.6 Å². The topological polar surface area (TPSA) is 71.8 Å². The maximum Gasteiger partial charge on any atom is 0.255 e. The van der Waals surface area contributed by atoms with E-state index in [4.69, 9.17) is 10.1 Å². The van der Waals surface area contributed by atoms with Crippen molar-refractivity contribution in [3.63, 3.8) is 0 Å². The number of carbonyl (C=O) groups excluding carboxylic acids is 1. The van der Waals surface area contributed by atoms with Crippen molar-refractivity contribution in [2.24, 2.45) is 0 Å². The predicted molar refractivity (Wildman–Crippen MR) is 153 cm³/mol. The molecule has 6 nitrogen and oxygen atoms in total. The number of amides is 1. The van der Waals surface area contributed by atoms with E-state index < -0.39 is 6.04 Å². The summed E-state index contributed by atoms with van der Waals surface area (Å²) in [5, 5.41) is 11.9. The summed E-state index contributed by atoms with van der Waals surface area (Å²) in [6.07, 6.45) is 2.05. The van der Waals surface area contributed by atoms with Gasteiger partial charge in [-0.25, -0.2) is 4.68 Å². The lowest BCUT2D eigenvalue weighted by atomic mass is 9.95. The summed E-state index contributed by atoms with van der Waals surface area (Å²) in [5.41, 5.74) is 6.88. The van der Waals surface area contributed by atoms with E-state index in [9.17, 15) is 4.79 Å². The summed E-state index contributed by atoms with van der Waals surface area (Å²) in [6, 6.07) is 23.9. The van der Waals surface area contributed by atoms with Crippen molar-refractivity contribution in [2.45, 2.75) is 42.6 Å². The monoisotopic (exact) mass is 527 g/mol. The van der Waals surface area contributed by atoms with E-state index >= 15 is 0 Å². The van der Waals surface area contributed by atoms with E-state index in [-0.39, 0.29) is 5.91 Å². The molecule has 2 N–H and O–H groups in total. The van der Waals surface area contributed by atoms with Crippen LogP contribution in [0.2, 0.25) is 0 Å². The summed E-state index contributed by atoms with van der Waals surface area (Å²) in [7, 11) is 0. The summed E-state index contributed by atoms with van der Waals surface area (Å²) >= 11 is 3.29. The number of para-hydroxylation sites is 1. The molecule has 188 valence electrons. The van der Waals surface area contributed by atoms with Crippen LogP contribution in [0.5, 0.6) is 0 Å². The molecule has 1 aliphatic rings. The molecule has 0 saturated heterocycles. The molecule has 1 amide bonds. The van der Waals surface area contributed by atoms with Crippen molar-refractivity contribution in [1.82, 2.24) is 14.8 Å². The molecule has 2 heterocycles. The molecule has 0 spiro atoms. The van der Waals surface area contributed by atoms with Crippen LogP contribution in [-0.2, 0) is 10.5 Å². The van der Waals surface area contributed by atoms with Crippen molar-refractivity contribution in [1.29, 1.82) is 0 Å². The van der Waals surface area contributed by atoms with E-state index in [0.29, 0.717) is 16.7 Å². The number of fused-ring (bicyclic) bond motifs is 1. The molecular weight excluding hydrogens is 498 g/mol. The predicted octanol–water partition coefficient (Wildman–Crippen LogP) is 6.84. The first-order valence-corrected chi connectivity index (χ1v) is 14.3. The van der Waals surface area contributed by atoms with Crippen LogP contribution in [0.15, 0.2) is 94.1 Å². The van der Waals surface area contributed by atoms with Crippen molar-refractivity contribution in [2.75, 3.05) is 16.9 Å². The number of benzene rings is 3. The van der Waals surface area contributed by atoms with Crippen molar-refractivity contribution in [3.8, 4) is 0 Å². The SMILES string of the molecule is CSc1ccc(C2C(C(=O)Nc3ccccc3)=C(C)Nc3nc(SCc4ccc(C)cc4C)nn32)cc1. The van der Waals surface area contributed by atoms with Gasteiger partial charge < -0.3 is 10.6 Å². The highest BCUT2D eigenvalue weighted by molar-refractivity contribution is 7.98. The third-order valence-corrected chi connectivity index (χ3v) is 8.03. The van der Waals surface area contributed by atoms with Crippen LogP contribution in [-0.4, -0.2) is 26.9 Å². The van der Waals surface area contributed by atoms with Crippen LogP contribution in [0.25, 0.3) is 0 Å². The number of thioether (sulfide) groups is 2. The Hall–Kier alpha value is -3.49. The summed E-state index contributed by atoms with van der Waals surface area (Å²) in [6.45, 7) is 6.16. The minimum Gasteiger partial charge on any atom is -0.328 e. The zero-order valence-electron chi connectivity index (χ0n) is 21.3. The molecule has 1 atom stereocenters. The number of nitrogens with one attached hydrogen (secondary N) is 2. The van der Waals surface area contributed by atoms with Gasteiger partial charge in [-0.3, -0.25) is 4.79 Å². The third kappa shape index (κ3) is 5.45. The number of rotatable bonds is 7. The molecule has 1 aromatic heterocycles. The molecule has 4 aromatic rings. The number of hydrogen-bond donors (Lipinski definition) is 2. The Morgan fingerprint density at radius 2 is 1.78 bits per heavy atom. The molecular formula is C29H29N5OS2. The number of allylic oxidation sites excluding steroid dienone is 1. The Kier molecular flexibility index (Phi) is 7.39. The lowest BCUT2D eigenvalue weighted by Crippen LogP contribution is -2.31. The van der Waals surface area contributed by atoms with Crippen LogP contribution in [0.3, 0.4) is 0 Å². The highest BCUT2D eigenvalue weighted by atomic mass is 32.2. The Balaban J connectivity index is 1.48. The normalized spacial score (nSPS) is 14.8.